The molecule has 0 atom stereocenters. The lowest BCUT2D eigenvalue weighted by Gasteiger charge is -2.05. The van der Waals surface area contributed by atoms with Gasteiger partial charge in [0.25, 0.3) is 0 Å². The first-order valence-electron chi connectivity index (χ1n) is 7.22. The summed E-state index contributed by atoms with van der Waals surface area (Å²) in [6.45, 7) is 1.97. The van der Waals surface area contributed by atoms with Crippen LogP contribution in [0.1, 0.15) is 24.0 Å². The van der Waals surface area contributed by atoms with Crippen molar-refractivity contribution in [3.8, 4) is 0 Å². The Hall–Kier alpha value is -3.02. The largest absolute Gasteiger partial charge is 0.326 e. The first kappa shape index (κ1) is 16.4. The molecule has 0 aliphatic rings. The summed E-state index contributed by atoms with van der Waals surface area (Å²) >= 11 is 0. The number of benzene rings is 1. The van der Waals surface area contributed by atoms with Gasteiger partial charge < -0.3 is 5.32 Å². The highest BCUT2D eigenvalue weighted by molar-refractivity contribution is 5.93. The van der Waals surface area contributed by atoms with Crippen molar-refractivity contribution >= 4 is 23.7 Å². The number of nitrogens with one attached hydrogen (secondary N) is 2. The van der Waals surface area contributed by atoms with Gasteiger partial charge in [-0.1, -0.05) is 17.7 Å². The van der Waals surface area contributed by atoms with Crippen molar-refractivity contribution in [3.63, 3.8) is 0 Å². The van der Waals surface area contributed by atoms with Crippen LogP contribution in [0.4, 0.5) is 5.69 Å². The van der Waals surface area contributed by atoms with Gasteiger partial charge in [0.15, 0.2) is 0 Å². The molecule has 1 heterocycles. The molecule has 23 heavy (non-hydrogen) atoms. The molecule has 2 N–H and O–H groups in total. The maximum Gasteiger partial charge on any atom is 0.240 e. The molecule has 118 valence electrons. The quantitative estimate of drug-likeness (QED) is 0.634. The molecule has 0 fully saturated rings. The Kier molecular flexibility index (Phi) is 5.99. The van der Waals surface area contributed by atoms with Gasteiger partial charge in [0, 0.05) is 30.9 Å². The Morgan fingerprint density at radius 2 is 1.70 bits per heavy atom. The maximum absolute atomic E-state index is 11.8. The zero-order chi connectivity index (χ0) is 16.5. The Morgan fingerprint density at radius 1 is 1.04 bits per heavy atom. The van der Waals surface area contributed by atoms with E-state index in [-0.39, 0.29) is 24.7 Å². The van der Waals surface area contributed by atoms with E-state index in [0.717, 1.165) is 16.8 Å². The minimum absolute atomic E-state index is 0.0748. The Morgan fingerprint density at radius 3 is 2.39 bits per heavy atom. The van der Waals surface area contributed by atoms with Crippen molar-refractivity contribution in [3.05, 3.63) is 59.9 Å². The van der Waals surface area contributed by atoms with Crippen LogP contribution in [0, 0.1) is 6.92 Å². The molecule has 0 saturated heterocycles. The van der Waals surface area contributed by atoms with Gasteiger partial charge in [0.2, 0.25) is 11.8 Å². The second kappa shape index (κ2) is 8.43. The zero-order valence-corrected chi connectivity index (χ0v) is 12.8. The third-order valence-electron chi connectivity index (χ3n) is 3.02. The molecule has 0 aliphatic carbocycles. The van der Waals surface area contributed by atoms with Crippen LogP contribution in [0.5, 0.6) is 0 Å². The van der Waals surface area contributed by atoms with E-state index >= 15 is 0 Å². The Balaban J connectivity index is 1.70. The highest BCUT2D eigenvalue weighted by atomic mass is 16.2. The molecular formula is C17H18N4O2. The van der Waals surface area contributed by atoms with E-state index in [1.54, 1.807) is 24.5 Å². The molecule has 0 aliphatic heterocycles. The van der Waals surface area contributed by atoms with Crippen LogP contribution in [0.2, 0.25) is 0 Å². The van der Waals surface area contributed by atoms with E-state index in [1.807, 2.05) is 31.2 Å². The van der Waals surface area contributed by atoms with E-state index < -0.39 is 0 Å². The van der Waals surface area contributed by atoms with Crippen LogP contribution in [-0.4, -0.2) is 23.0 Å². The summed E-state index contributed by atoms with van der Waals surface area (Å²) in [6, 6.07) is 11.0. The number of pyridine rings is 1. The van der Waals surface area contributed by atoms with Crippen LogP contribution in [0.25, 0.3) is 0 Å². The standard InChI is InChI=1S/C17H18N4O2/c1-13-2-4-15(5-3-13)20-16(22)6-7-17(23)21-19-12-14-8-10-18-11-9-14/h2-5,8-12H,6-7H2,1H3,(H,20,22)(H,21,23). The second-order valence-electron chi connectivity index (χ2n) is 4.99. The van der Waals surface area contributed by atoms with Crippen molar-refractivity contribution in [1.29, 1.82) is 0 Å². The molecule has 0 saturated carbocycles. The van der Waals surface area contributed by atoms with Crippen LogP contribution < -0.4 is 10.7 Å². The predicted molar refractivity (Wildman–Crippen MR) is 89.0 cm³/mol. The third kappa shape index (κ3) is 6.09. The second-order valence-corrected chi connectivity index (χ2v) is 4.99. The molecule has 0 unspecified atom stereocenters. The number of hydrogen-bond donors (Lipinski definition) is 2. The van der Waals surface area contributed by atoms with Gasteiger partial charge in [-0.2, -0.15) is 5.10 Å². The lowest BCUT2D eigenvalue weighted by Crippen LogP contribution is -2.20. The monoisotopic (exact) mass is 310 g/mol. The molecule has 6 nitrogen and oxygen atoms in total. The summed E-state index contributed by atoms with van der Waals surface area (Å²) in [5.41, 5.74) is 5.06. The lowest BCUT2D eigenvalue weighted by molar-refractivity contribution is -0.124. The summed E-state index contributed by atoms with van der Waals surface area (Å²) < 4.78 is 0. The average Bonchev–Trinajstić information content (AvgIpc) is 2.56. The van der Waals surface area contributed by atoms with E-state index in [2.05, 4.69) is 20.8 Å². The van der Waals surface area contributed by atoms with Crippen LogP contribution in [-0.2, 0) is 9.59 Å². The highest BCUT2D eigenvalue weighted by Gasteiger charge is 2.06. The van der Waals surface area contributed by atoms with Crippen LogP contribution in [0.3, 0.4) is 0 Å². The number of rotatable bonds is 6. The van der Waals surface area contributed by atoms with E-state index in [0.29, 0.717) is 0 Å². The number of carbonyl (C=O) groups is 2. The minimum Gasteiger partial charge on any atom is -0.326 e. The molecule has 2 rings (SSSR count). The number of amides is 2. The van der Waals surface area contributed by atoms with Crippen molar-refractivity contribution in [2.45, 2.75) is 19.8 Å². The number of carbonyl (C=O) groups excluding carboxylic acids is 2. The third-order valence-corrected chi connectivity index (χ3v) is 3.02. The number of nitrogens with zero attached hydrogens (tertiary/aromatic N) is 2. The summed E-state index contributed by atoms with van der Waals surface area (Å²) in [5.74, 6) is -0.517. The number of aryl methyl sites for hydroxylation is 1. The van der Waals surface area contributed by atoms with Crippen LogP contribution in [0.15, 0.2) is 53.9 Å². The SMILES string of the molecule is Cc1ccc(NC(=O)CCC(=O)NN=Cc2ccncc2)cc1. The van der Waals surface area contributed by atoms with Crippen LogP contribution >= 0.6 is 0 Å². The summed E-state index contributed by atoms with van der Waals surface area (Å²) in [4.78, 5) is 27.3. The molecule has 0 spiro atoms. The van der Waals surface area contributed by atoms with Gasteiger partial charge in [0.05, 0.1) is 6.21 Å². The fourth-order valence-corrected chi connectivity index (χ4v) is 1.77. The molecule has 2 amide bonds. The molecule has 1 aromatic carbocycles. The van der Waals surface area contributed by atoms with Gasteiger partial charge in [0.1, 0.15) is 0 Å². The Labute approximate surface area is 134 Å². The summed E-state index contributed by atoms with van der Waals surface area (Å²) in [7, 11) is 0. The van der Waals surface area contributed by atoms with Crippen molar-refractivity contribution in [1.82, 2.24) is 10.4 Å². The fraction of sp³-hybridized carbons (Fsp3) is 0.176. The Bertz CT molecular complexity index is 681. The van der Waals surface area contributed by atoms with E-state index in [4.69, 9.17) is 0 Å². The predicted octanol–water partition coefficient (Wildman–Crippen LogP) is 2.26. The molecule has 0 bridgehead atoms. The zero-order valence-electron chi connectivity index (χ0n) is 12.8. The topological polar surface area (TPSA) is 83.5 Å². The molecular weight excluding hydrogens is 292 g/mol. The van der Waals surface area contributed by atoms with E-state index in [9.17, 15) is 9.59 Å². The van der Waals surface area contributed by atoms with Gasteiger partial charge in [-0.25, -0.2) is 5.43 Å². The molecule has 1 aromatic heterocycles. The number of aromatic nitrogens is 1. The maximum atomic E-state index is 11.8. The number of hydrogen-bond acceptors (Lipinski definition) is 4. The van der Waals surface area contributed by atoms with E-state index in [1.165, 1.54) is 6.21 Å². The molecule has 6 heteroatoms. The van der Waals surface area contributed by atoms with Gasteiger partial charge >= 0.3 is 0 Å². The highest BCUT2D eigenvalue weighted by Crippen LogP contribution is 2.09. The average molecular weight is 310 g/mol. The van der Waals surface area contributed by atoms with Gasteiger partial charge in [-0.05, 0) is 36.8 Å². The van der Waals surface area contributed by atoms with Gasteiger partial charge in [-0.3, -0.25) is 14.6 Å². The van der Waals surface area contributed by atoms with Crippen molar-refractivity contribution < 1.29 is 9.59 Å². The molecule has 2 aromatic rings. The number of hydrazone groups is 1. The first-order chi connectivity index (χ1) is 11.1. The fourth-order valence-electron chi connectivity index (χ4n) is 1.77. The summed E-state index contributed by atoms with van der Waals surface area (Å²) in [5, 5.41) is 6.57. The first-order valence-corrected chi connectivity index (χ1v) is 7.22. The summed E-state index contributed by atoms with van der Waals surface area (Å²) in [6.07, 6.45) is 4.97. The minimum atomic E-state index is -0.311. The van der Waals surface area contributed by atoms with Crippen molar-refractivity contribution in [2.75, 3.05) is 5.32 Å². The lowest BCUT2D eigenvalue weighted by atomic mass is 10.2. The normalized spacial score (nSPS) is 10.5. The number of anilines is 1. The smallest absolute Gasteiger partial charge is 0.240 e. The molecule has 0 radical (unpaired) electrons. The van der Waals surface area contributed by atoms with Crippen molar-refractivity contribution in [2.24, 2.45) is 5.10 Å². The van der Waals surface area contributed by atoms with Gasteiger partial charge in [-0.15, -0.1) is 0 Å².